The Balaban J connectivity index is 1.46. The van der Waals surface area contributed by atoms with Crippen molar-refractivity contribution in [2.24, 2.45) is 11.8 Å². The van der Waals surface area contributed by atoms with Crippen LogP contribution in [0.15, 0.2) is 72.8 Å². The summed E-state index contributed by atoms with van der Waals surface area (Å²) in [7, 11) is 1.72. The van der Waals surface area contributed by atoms with E-state index < -0.39 is 47.7 Å². The molecule has 2 aromatic rings. The summed E-state index contributed by atoms with van der Waals surface area (Å²) < 4.78 is 12.9. The number of esters is 1. The van der Waals surface area contributed by atoms with E-state index in [0.29, 0.717) is 25.7 Å². The Morgan fingerprint density at radius 1 is 0.959 bits per heavy atom. The van der Waals surface area contributed by atoms with E-state index in [1.165, 1.54) is 0 Å². The molecule has 4 aliphatic heterocycles. The molecule has 4 aliphatic rings. The molecule has 3 amide bonds. The number of cyclic esters (lactones) is 1. The van der Waals surface area contributed by atoms with Gasteiger partial charge in [-0.05, 0) is 69.2 Å². The van der Waals surface area contributed by atoms with Crippen molar-refractivity contribution in [2.45, 2.75) is 82.8 Å². The number of fused-ring (bicyclic) bond motifs is 2. The summed E-state index contributed by atoms with van der Waals surface area (Å²) in [4.78, 5) is 62.3. The largest absolute Gasteiger partial charge is 0.455 e. The fraction of sp³-hybridized carbons (Fsp3) is 0.487. The number of nitrogens with zero attached hydrogens (tertiary/aromatic N) is 3. The van der Waals surface area contributed by atoms with Crippen LogP contribution < -0.4 is 4.90 Å². The molecule has 4 heterocycles. The molecule has 1 N–H and O–H groups in total. The lowest BCUT2D eigenvalue weighted by Gasteiger charge is -2.36. The Labute approximate surface area is 288 Å². The first kappa shape index (κ1) is 34.6. The fourth-order valence-corrected chi connectivity index (χ4v) is 7.90. The Bertz CT molecular complexity index is 1640. The van der Waals surface area contributed by atoms with Crippen molar-refractivity contribution in [3.8, 4) is 0 Å². The summed E-state index contributed by atoms with van der Waals surface area (Å²) in [6, 6.07) is 13.7. The minimum Gasteiger partial charge on any atom is -0.455 e. The Morgan fingerprint density at radius 3 is 2.49 bits per heavy atom. The Kier molecular flexibility index (Phi) is 10.1. The van der Waals surface area contributed by atoms with Crippen LogP contribution in [0.3, 0.4) is 0 Å². The summed E-state index contributed by atoms with van der Waals surface area (Å²) in [5.41, 5.74) is 1.99. The number of likely N-dealkylation sites (N-methyl/N-ethyl adjacent to an activating group) is 1. The molecule has 1 spiro atoms. The summed E-state index contributed by atoms with van der Waals surface area (Å²) in [6.45, 7) is 6.32. The molecule has 260 valence electrons. The van der Waals surface area contributed by atoms with E-state index in [2.05, 4.69) is 0 Å². The van der Waals surface area contributed by atoms with Gasteiger partial charge < -0.3 is 29.3 Å². The molecule has 6 rings (SSSR count). The number of carbonyl (C=O) groups excluding carboxylic acids is 4. The number of unbranched alkanes of at least 4 members (excludes halogenated alkanes) is 2. The topological polar surface area (TPSA) is 117 Å². The third-order valence-corrected chi connectivity index (χ3v) is 10.7. The first-order valence-electron chi connectivity index (χ1n) is 17.4. The van der Waals surface area contributed by atoms with Crippen molar-refractivity contribution < 1.29 is 33.8 Å². The molecule has 10 nitrogen and oxygen atoms in total. The first-order chi connectivity index (χ1) is 23.6. The number of anilines is 1. The fourth-order valence-electron chi connectivity index (χ4n) is 7.90. The number of aryl methyl sites for hydroxylation is 2. The number of ether oxygens (including phenoxy) is 2. The van der Waals surface area contributed by atoms with E-state index in [1.54, 1.807) is 27.8 Å². The van der Waals surface area contributed by atoms with E-state index in [0.717, 1.165) is 22.4 Å². The van der Waals surface area contributed by atoms with Crippen LogP contribution in [0.25, 0.3) is 0 Å². The standard InChI is InChI=1S/C39H47N3O7/c1-25-17-18-26(2)29(24-25)41-21-11-6-10-16-31(44)40(4)27(3)34(28-14-8-5-9-15-28)48-38(47)32-30-19-20-39(49-30)33(32)36(45)42(35(39)37(41)46)22-12-7-13-23-43/h5-6,8-9,11,14-15,17-20,24,27,30,32-35,43H,7,10,12-13,16,21-23H2,1-4H3/b11-6-/t27-,30+,32-,33-,34+,35+,39-/m0/s1. The number of hydrogen-bond acceptors (Lipinski definition) is 7. The van der Waals surface area contributed by atoms with E-state index in [4.69, 9.17) is 9.47 Å². The highest BCUT2D eigenvalue weighted by molar-refractivity contribution is 6.05. The second kappa shape index (κ2) is 14.3. The molecule has 0 aromatic heterocycles. The van der Waals surface area contributed by atoms with E-state index in [-0.39, 0.29) is 43.8 Å². The average Bonchev–Trinajstić information content (AvgIpc) is 3.74. The molecule has 5 bridgehead atoms. The highest BCUT2D eigenvalue weighted by atomic mass is 16.6. The summed E-state index contributed by atoms with van der Waals surface area (Å²) in [5.74, 6) is -3.24. The van der Waals surface area contributed by atoms with Crippen LogP contribution in [0.2, 0.25) is 0 Å². The molecular weight excluding hydrogens is 622 g/mol. The Morgan fingerprint density at radius 2 is 1.73 bits per heavy atom. The molecule has 2 fully saturated rings. The zero-order valence-corrected chi connectivity index (χ0v) is 28.8. The quantitative estimate of drug-likeness (QED) is 0.264. The number of allylic oxidation sites excluding steroid dienone is 1. The van der Waals surface area contributed by atoms with Crippen molar-refractivity contribution in [1.29, 1.82) is 0 Å². The van der Waals surface area contributed by atoms with Crippen molar-refractivity contribution >= 4 is 29.4 Å². The summed E-state index contributed by atoms with van der Waals surface area (Å²) >= 11 is 0. The number of amides is 3. The number of aliphatic hydroxyl groups excluding tert-OH is 1. The molecule has 49 heavy (non-hydrogen) atoms. The number of hydrogen-bond donors (Lipinski definition) is 1. The molecule has 10 heteroatoms. The Hall–Kier alpha value is -4.28. The van der Waals surface area contributed by atoms with Gasteiger partial charge in [-0.15, -0.1) is 0 Å². The van der Waals surface area contributed by atoms with Gasteiger partial charge in [-0.3, -0.25) is 19.2 Å². The van der Waals surface area contributed by atoms with E-state index >= 15 is 4.79 Å². The predicted molar refractivity (Wildman–Crippen MR) is 184 cm³/mol. The maximum Gasteiger partial charge on any atom is 0.313 e. The van der Waals surface area contributed by atoms with Gasteiger partial charge in [0.1, 0.15) is 23.7 Å². The minimum absolute atomic E-state index is 0.0405. The van der Waals surface area contributed by atoms with Crippen molar-refractivity contribution in [3.63, 3.8) is 0 Å². The molecule has 7 atom stereocenters. The summed E-state index contributed by atoms with van der Waals surface area (Å²) in [6.07, 6.45) is 8.42. The molecule has 2 aromatic carbocycles. The third-order valence-electron chi connectivity index (χ3n) is 10.7. The molecule has 0 radical (unpaired) electrons. The normalized spacial score (nSPS) is 31.0. The van der Waals surface area contributed by atoms with Gasteiger partial charge in [0.25, 0.3) is 5.91 Å². The van der Waals surface area contributed by atoms with Gasteiger partial charge in [-0.1, -0.05) is 66.8 Å². The number of aliphatic hydroxyl groups is 1. The van der Waals surface area contributed by atoms with Crippen LogP contribution in [0.5, 0.6) is 0 Å². The van der Waals surface area contributed by atoms with Crippen molar-refractivity contribution in [2.75, 3.05) is 31.6 Å². The first-order valence-corrected chi connectivity index (χ1v) is 17.4. The highest BCUT2D eigenvalue weighted by Gasteiger charge is 2.73. The third kappa shape index (κ3) is 6.32. The van der Waals surface area contributed by atoms with Crippen molar-refractivity contribution in [3.05, 3.63) is 89.5 Å². The summed E-state index contributed by atoms with van der Waals surface area (Å²) in [5, 5.41) is 9.41. The molecule has 0 aliphatic carbocycles. The maximum atomic E-state index is 15.1. The zero-order valence-electron chi connectivity index (χ0n) is 28.8. The van der Waals surface area contributed by atoms with Gasteiger partial charge in [0.15, 0.2) is 0 Å². The van der Waals surface area contributed by atoms with Crippen molar-refractivity contribution in [1.82, 2.24) is 9.80 Å². The van der Waals surface area contributed by atoms with Gasteiger partial charge in [0.05, 0.1) is 18.1 Å². The number of benzene rings is 2. The van der Waals surface area contributed by atoms with Crippen LogP contribution in [-0.4, -0.2) is 89.1 Å². The predicted octanol–water partition coefficient (Wildman–Crippen LogP) is 4.43. The smallest absolute Gasteiger partial charge is 0.313 e. The molecule has 0 saturated carbocycles. The molecular formula is C39H47N3O7. The molecule has 0 unspecified atom stereocenters. The van der Waals surface area contributed by atoms with E-state index in [9.17, 15) is 19.5 Å². The van der Waals surface area contributed by atoms with Crippen LogP contribution in [-0.2, 0) is 28.7 Å². The van der Waals surface area contributed by atoms with Gasteiger partial charge >= 0.3 is 5.97 Å². The van der Waals surface area contributed by atoms with Gasteiger partial charge in [-0.25, -0.2) is 0 Å². The SMILES string of the molecule is Cc1ccc(C)c(N2C/C=C\CCC(=O)N(C)[C@@H](C)[C@H](c3ccccc3)OC(=O)[C@@H]3[C@H]4C(=O)N(CCCCCO)[C@H](C2=O)[C@]42C=C[C@H]3O2)c1. The minimum atomic E-state index is -1.35. The van der Waals surface area contributed by atoms with Crippen LogP contribution in [0.4, 0.5) is 5.69 Å². The lowest BCUT2D eigenvalue weighted by Crippen LogP contribution is -2.56. The second-order valence-corrected chi connectivity index (χ2v) is 13.8. The lowest BCUT2D eigenvalue weighted by molar-refractivity contribution is -0.164. The monoisotopic (exact) mass is 669 g/mol. The lowest BCUT2D eigenvalue weighted by atomic mass is 9.74. The second-order valence-electron chi connectivity index (χ2n) is 13.8. The van der Waals surface area contributed by atoms with Crippen LogP contribution in [0.1, 0.15) is 61.8 Å². The van der Waals surface area contributed by atoms with Gasteiger partial charge in [0.2, 0.25) is 11.8 Å². The molecule has 2 saturated heterocycles. The zero-order chi connectivity index (χ0) is 34.9. The van der Waals surface area contributed by atoms with Gasteiger partial charge in [0, 0.05) is 38.9 Å². The van der Waals surface area contributed by atoms with Crippen LogP contribution in [0, 0.1) is 25.7 Å². The maximum absolute atomic E-state index is 15.1. The number of rotatable bonds is 7. The number of likely N-dealkylation sites (tertiary alicyclic amines) is 1. The van der Waals surface area contributed by atoms with E-state index in [1.807, 2.05) is 87.5 Å². The highest BCUT2D eigenvalue weighted by Crippen LogP contribution is 2.56. The average molecular weight is 670 g/mol. The number of carbonyl (C=O) groups is 4. The van der Waals surface area contributed by atoms with Gasteiger partial charge in [-0.2, -0.15) is 0 Å². The van der Waals surface area contributed by atoms with Crippen LogP contribution >= 0.6 is 0 Å².